The van der Waals surface area contributed by atoms with Crippen molar-refractivity contribution >= 4 is 35.8 Å². The number of guanidine groups is 1. The summed E-state index contributed by atoms with van der Waals surface area (Å²) in [5.41, 5.74) is 3.90. The van der Waals surface area contributed by atoms with E-state index in [-0.39, 0.29) is 29.9 Å². The summed E-state index contributed by atoms with van der Waals surface area (Å²) in [7, 11) is 5.24. The maximum atomic E-state index is 12.0. The number of halogens is 1. The van der Waals surface area contributed by atoms with Gasteiger partial charge in [-0.3, -0.25) is 9.79 Å². The molecule has 3 aromatic rings. The first-order valence-electron chi connectivity index (χ1n) is 9.41. The van der Waals surface area contributed by atoms with E-state index in [1.54, 1.807) is 32.2 Å². The number of rotatable bonds is 6. The number of benzene rings is 2. The topological polar surface area (TPSA) is 74.6 Å². The maximum absolute atomic E-state index is 12.0. The molecule has 30 heavy (non-hydrogen) atoms. The first kappa shape index (κ1) is 23.4. The van der Waals surface area contributed by atoms with Crippen molar-refractivity contribution in [2.45, 2.75) is 13.1 Å². The Labute approximate surface area is 194 Å². The zero-order valence-electron chi connectivity index (χ0n) is 17.4. The second kappa shape index (κ2) is 11.3. The smallest absolute Gasteiger partial charge is 0.253 e. The quantitative estimate of drug-likeness (QED) is 0.299. The molecule has 0 unspecified atom stereocenters. The lowest BCUT2D eigenvalue weighted by Gasteiger charge is -2.13. The number of carbonyl (C=O) groups excluding carboxylic acids is 1. The van der Waals surface area contributed by atoms with Crippen molar-refractivity contribution in [2.75, 3.05) is 21.1 Å². The highest BCUT2D eigenvalue weighted by molar-refractivity contribution is 14.0. The summed E-state index contributed by atoms with van der Waals surface area (Å²) in [5, 5.41) is 10.9. The highest BCUT2D eigenvalue weighted by atomic mass is 127. The third-order valence-electron chi connectivity index (χ3n) is 4.43. The van der Waals surface area contributed by atoms with E-state index in [4.69, 9.17) is 0 Å². The highest BCUT2D eigenvalue weighted by Gasteiger charge is 2.07. The van der Waals surface area contributed by atoms with E-state index in [0.717, 1.165) is 16.8 Å². The van der Waals surface area contributed by atoms with Crippen LogP contribution in [0, 0.1) is 0 Å². The van der Waals surface area contributed by atoms with Gasteiger partial charge in [0.05, 0.1) is 5.69 Å². The van der Waals surface area contributed by atoms with Crippen LogP contribution in [0.15, 0.2) is 72.0 Å². The number of hydrogen-bond donors (Lipinski definition) is 2. The Kier molecular flexibility index (Phi) is 8.85. The second-order valence-electron chi connectivity index (χ2n) is 6.80. The van der Waals surface area contributed by atoms with Crippen molar-refractivity contribution in [1.29, 1.82) is 0 Å². The molecule has 158 valence electrons. The predicted octanol–water partition coefficient (Wildman–Crippen LogP) is 3.06. The van der Waals surface area contributed by atoms with Crippen molar-refractivity contribution in [2.24, 2.45) is 4.99 Å². The third kappa shape index (κ3) is 6.31. The van der Waals surface area contributed by atoms with E-state index in [2.05, 4.69) is 32.9 Å². The molecule has 0 aliphatic carbocycles. The van der Waals surface area contributed by atoms with Crippen LogP contribution in [0.4, 0.5) is 0 Å². The van der Waals surface area contributed by atoms with Gasteiger partial charge >= 0.3 is 0 Å². The average Bonchev–Trinajstić information content (AvgIpc) is 3.29. The van der Waals surface area contributed by atoms with Gasteiger partial charge in [-0.2, -0.15) is 5.10 Å². The second-order valence-corrected chi connectivity index (χ2v) is 6.80. The third-order valence-corrected chi connectivity index (χ3v) is 4.43. The molecule has 3 rings (SSSR count). The first-order chi connectivity index (χ1) is 14.1. The lowest BCUT2D eigenvalue weighted by atomic mass is 10.1. The van der Waals surface area contributed by atoms with Crippen LogP contribution in [0.1, 0.15) is 21.5 Å². The molecule has 0 aliphatic heterocycles. The fraction of sp³-hybridized carbons (Fsp3) is 0.227. The largest absolute Gasteiger partial charge is 0.352 e. The van der Waals surface area contributed by atoms with Crippen LogP contribution < -0.4 is 10.6 Å². The van der Waals surface area contributed by atoms with Crippen LogP contribution in [0.2, 0.25) is 0 Å². The molecular formula is C22H27IN6O. The van der Waals surface area contributed by atoms with Crippen LogP contribution in [0.3, 0.4) is 0 Å². The van der Waals surface area contributed by atoms with Crippen LogP contribution in [0.25, 0.3) is 5.69 Å². The van der Waals surface area contributed by atoms with E-state index < -0.39 is 0 Å². The van der Waals surface area contributed by atoms with Crippen molar-refractivity contribution in [3.05, 3.63) is 83.7 Å². The van der Waals surface area contributed by atoms with Gasteiger partial charge in [0.25, 0.3) is 5.91 Å². The number of hydrogen-bond acceptors (Lipinski definition) is 3. The van der Waals surface area contributed by atoms with Crippen molar-refractivity contribution in [3.8, 4) is 5.69 Å². The molecule has 0 spiro atoms. The summed E-state index contributed by atoms with van der Waals surface area (Å²) in [5.74, 6) is 0.710. The minimum Gasteiger partial charge on any atom is -0.352 e. The summed E-state index contributed by atoms with van der Waals surface area (Å²) >= 11 is 0. The number of nitrogens with zero attached hydrogens (tertiary/aromatic N) is 4. The van der Waals surface area contributed by atoms with E-state index in [1.807, 2.05) is 53.3 Å². The Morgan fingerprint density at radius 2 is 1.73 bits per heavy atom. The molecule has 0 fully saturated rings. The fourth-order valence-electron chi connectivity index (χ4n) is 2.85. The lowest BCUT2D eigenvalue weighted by molar-refractivity contribution is 0.0827. The van der Waals surface area contributed by atoms with Crippen LogP contribution >= 0.6 is 24.0 Å². The van der Waals surface area contributed by atoms with Crippen LogP contribution in [-0.4, -0.2) is 47.7 Å². The molecule has 0 radical (unpaired) electrons. The summed E-state index contributed by atoms with van der Waals surface area (Å²) < 4.78 is 1.83. The van der Waals surface area contributed by atoms with Gasteiger partial charge in [0.2, 0.25) is 0 Å². The van der Waals surface area contributed by atoms with Gasteiger partial charge in [-0.15, -0.1) is 24.0 Å². The van der Waals surface area contributed by atoms with Crippen molar-refractivity contribution in [1.82, 2.24) is 25.3 Å². The van der Waals surface area contributed by atoms with E-state index in [9.17, 15) is 4.79 Å². The summed E-state index contributed by atoms with van der Waals surface area (Å²) in [6.07, 6.45) is 3.68. The molecule has 1 aromatic heterocycles. The number of nitrogens with one attached hydrogen (secondary N) is 2. The molecule has 7 nitrogen and oxygen atoms in total. The minimum absolute atomic E-state index is 0. The van der Waals surface area contributed by atoms with Crippen molar-refractivity contribution < 1.29 is 4.79 Å². The summed E-state index contributed by atoms with van der Waals surface area (Å²) in [6, 6.07) is 17.7. The van der Waals surface area contributed by atoms with Crippen LogP contribution in [0.5, 0.6) is 0 Å². The zero-order chi connectivity index (χ0) is 20.6. The van der Waals surface area contributed by atoms with Gasteiger partial charge in [0.15, 0.2) is 5.96 Å². The predicted molar refractivity (Wildman–Crippen MR) is 130 cm³/mol. The SMILES string of the molecule is CN=C(NCc1ccc(C(=O)N(C)C)cc1)NCc1cccc(-n2cccn2)c1.I. The molecule has 2 aromatic carbocycles. The van der Waals surface area contributed by atoms with Gasteiger partial charge in [0, 0.05) is 52.2 Å². The Bertz CT molecular complexity index is 968. The van der Waals surface area contributed by atoms with E-state index in [1.165, 1.54) is 0 Å². The van der Waals surface area contributed by atoms with Gasteiger partial charge in [0.1, 0.15) is 0 Å². The average molecular weight is 518 g/mol. The Morgan fingerprint density at radius 1 is 1.03 bits per heavy atom. The number of carbonyl (C=O) groups is 1. The Balaban J connectivity index is 0.00000320. The zero-order valence-corrected chi connectivity index (χ0v) is 19.7. The normalized spacial score (nSPS) is 10.8. The minimum atomic E-state index is -0.000623. The number of amides is 1. The van der Waals surface area contributed by atoms with E-state index >= 15 is 0 Å². The summed E-state index contributed by atoms with van der Waals surface area (Å²) in [4.78, 5) is 17.8. The lowest BCUT2D eigenvalue weighted by Crippen LogP contribution is -2.36. The first-order valence-corrected chi connectivity index (χ1v) is 9.41. The molecule has 0 bridgehead atoms. The Hall–Kier alpha value is -2.88. The molecule has 2 N–H and O–H groups in total. The maximum Gasteiger partial charge on any atom is 0.253 e. The Morgan fingerprint density at radius 3 is 2.33 bits per heavy atom. The molecule has 0 saturated carbocycles. The van der Waals surface area contributed by atoms with Crippen molar-refractivity contribution in [3.63, 3.8) is 0 Å². The molecular weight excluding hydrogens is 491 g/mol. The summed E-state index contributed by atoms with van der Waals surface area (Å²) in [6.45, 7) is 1.26. The molecule has 8 heteroatoms. The standard InChI is InChI=1S/C22H26N6O.HI/c1-23-22(24-15-17-8-10-19(11-9-17)21(29)27(2)3)25-16-18-6-4-7-20(14-18)28-13-5-12-26-28;/h4-14H,15-16H2,1-3H3,(H2,23,24,25);1H. The van der Waals surface area contributed by atoms with Gasteiger partial charge < -0.3 is 15.5 Å². The molecule has 0 aliphatic rings. The van der Waals surface area contributed by atoms with Crippen LogP contribution in [-0.2, 0) is 13.1 Å². The fourth-order valence-corrected chi connectivity index (χ4v) is 2.85. The molecule has 0 atom stereocenters. The highest BCUT2D eigenvalue weighted by Crippen LogP contribution is 2.09. The number of aromatic nitrogens is 2. The molecule has 0 saturated heterocycles. The van der Waals surface area contributed by atoms with Gasteiger partial charge in [-0.25, -0.2) is 4.68 Å². The molecule has 1 heterocycles. The monoisotopic (exact) mass is 518 g/mol. The number of aliphatic imine (C=N–C) groups is 1. The molecule has 1 amide bonds. The van der Waals surface area contributed by atoms with Gasteiger partial charge in [-0.05, 0) is 41.5 Å². The van der Waals surface area contributed by atoms with E-state index in [0.29, 0.717) is 24.6 Å². The van der Waals surface area contributed by atoms with Gasteiger partial charge in [-0.1, -0.05) is 24.3 Å².